The lowest BCUT2D eigenvalue weighted by molar-refractivity contribution is -0.146. The first-order valence-corrected chi connectivity index (χ1v) is 9.00. The van der Waals surface area contributed by atoms with Crippen LogP contribution in [0.4, 0.5) is 0 Å². The van der Waals surface area contributed by atoms with Crippen molar-refractivity contribution in [2.75, 3.05) is 6.61 Å². The van der Waals surface area contributed by atoms with Gasteiger partial charge in [0.15, 0.2) is 5.60 Å². The number of ether oxygens (including phenoxy) is 2. The molecule has 4 rings (SSSR count). The number of hydrogen-bond acceptors (Lipinski definition) is 4. The summed E-state index contributed by atoms with van der Waals surface area (Å²) in [5, 5.41) is 4.21. The molecule has 0 radical (unpaired) electrons. The topological polar surface area (TPSA) is 35.5 Å². The number of esters is 1. The van der Waals surface area contributed by atoms with Crippen molar-refractivity contribution in [3.63, 3.8) is 0 Å². The Bertz CT molecular complexity index is 866. The van der Waals surface area contributed by atoms with Gasteiger partial charge in [-0.1, -0.05) is 42.5 Å². The van der Waals surface area contributed by atoms with E-state index in [1.54, 1.807) is 11.3 Å². The van der Waals surface area contributed by atoms with Gasteiger partial charge in [-0.05, 0) is 29.8 Å². The lowest BCUT2D eigenvalue weighted by Gasteiger charge is -2.20. The number of carbonyl (C=O) groups is 1. The fourth-order valence-corrected chi connectivity index (χ4v) is 4.12. The first-order chi connectivity index (χ1) is 11.7. The number of rotatable bonds is 5. The highest BCUT2D eigenvalue weighted by atomic mass is 32.1. The summed E-state index contributed by atoms with van der Waals surface area (Å²) in [6, 6.07) is 18.2. The Hall–Kier alpha value is -2.33. The Morgan fingerprint density at radius 1 is 1.17 bits per heavy atom. The summed E-state index contributed by atoms with van der Waals surface area (Å²) in [6.45, 7) is 2.22. The summed E-state index contributed by atoms with van der Waals surface area (Å²) in [5.41, 5.74) is -0.593. The van der Waals surface area contributed by atoms with Gasteiger partial charge in [0.1, 0.15) is 11.7 Å². The van der Waals surface area contributed by atoms with E-state index >= 15 is 0 Å². The molecular formula is C20H18O3S. The Morgan fingerprint density at radius 2 is 2.00 bits per heavy atom. The van der Waals surface area contributed by atoms with Crippen LogP contribution in [0.5, 0.6) is 5.75 Å². The highest BCUT2D eigenvalue weighted by Gasteiger charge is 2.64. The van der Waals surface area contributed by atoms with Gasteiger partial charge in [-0.25, -0.2) is 0 Å². The van der Waals surface area contributed by atoms with Crippen LogP contribution in [0.25, 0.3) is 10.8 Å². The van der Waals surface area contributed by atoms with Crippen molar-refractivity contribution in [3.8, 4) is 5.75 Å². The van der Waals surface area contributed by atoms with Crippen molar-refractivity contribution in [2.45, 2.75) is 18.9 Å². The number of carbonyl (C=O) groups excluding carboxylic acids is 1. The molecule has 1 aliphatic rings. The van der Waals surface area contributed by atoms with Crippen LogP contribution in [0, 0.1) is 5.92 Å². The molecule has 0 spiro atoms. The molecule has 1 fully saturated rings. The van der Waals surface area contributed by atoms with Gasteiger partial charge >= 0.3 is 5.97 Å². The predicted octanol–water partition coefficient (Wildman–Crippen LogP) is 4.76. The Balaban J connectivity index is 1.72. The van der Waals surface area contributed by atoms with E-state index in [9.17, 15) is 4.79 Å². The summed E-state index contributed by atoms with van der Waals surface area (Å²) < 4.78 is 11.7. The van der Waals surface area contributed by atoms with E-state index < -0.39 is 5.60 Å². The van der Waals surface area contributed by atoms with Crippen LogP contribution in [-0.4, -0.2) is 12.6 Å². The monoisotopic (exact) mass is 338 g/mol. The molecule has 3 aromatic rings. The normalized spacial score (nSPS) is 22.3. The maximum Gasteiger partial charge on any atom is 0.313 e. The molecule has 3 nitrogen and oxygen atoms in total. The minimum atomic E-state index is -0.593. The summed E-state index contributed by atoms with van der Waals surface area (Å²) in [6.07, 6.45) is 0.662. The first kappa shape index (κ1) is 15.2. The average Bonchev–Trinajstić information content (AvgIpc) is 3.06. The zero-order chi connectivity index (χ0) is 16.6. The molecular weight excluding hydrogens is 320 g/mol. The number of hydrogen-bond donors (Lipinski definition) is 0. The first-order valence-electron chi connectivity index (χ1n) is 8.12. The highest BCUT2D eigenvalue weighted by Crippen LogP contribution is 2.57. The van der Waals surface area contributed by atoms with E-state index in [1.165, 1.54) is 0 Å². The van der Waals surface area contributed by atoms with Crippen molar-refractivity contribution in [3.05, 3.63) is 64.9 Å². The molecule has 4 heteroatoms. The molecule has 1 saturated carbocycles. The minimum Gasteiger partial charge on any atom is -0.480 e. The molecule has 0 saturated heterocycles. The number of thiophene rings is 1. The van der Waals surface area contributed by atoms with Crippen molar-refractivity contribution < 1.29 is 14.3 Å². The maximum atomic E-state index is 12.3. The molecule has 24 heavy (non-hydrogen) atoms. The zero-order valence-electron chi connectivity index (χ0n) is 13.4. The Labute approximate surface area is 144 Å². The highest BCUT2D eigenvalue weighted by molar-refractivity contribution is 7.10. The quantitative estimate of drug-likeness (QED) is 0.629. The molecule has 1 aliphatic carbocycles. The van der Waals surface area contributed by atoms with Crippen LogP contribution in [0.3, 0.4) is 0 Å². The zero-order valence-corrected chi connectivity index (χ0v) is 14.2. The SMILES string of the molecule is CCOC(=O)[C@H]1C[C@@]1(Oc1cccc2ccccc12)c1cccs1. The average molecular weight is 338 g/mol. The molecule has 1 heterocycles. The molecule has 0 aliphatic heterocycles. The second-order valence-electron chi connectivity index (χ2n) is 5.95. The van der Waals surface area contributed by atoms with E-state index in [0.29, 0.717) is 13.0 Å². The summed E-state index contributed by atoms with van der Waals surface area (Å²) in [5.74, 6) is 0.398. The van der Waals surface area contributed by atoms with Gasteiger partial charge in [0.05, 0.1) is 6.61 Å². The van der Waals surface area contributed by atoms with Crippen LogP contribution in [0.2, 0.25) is 0 Å². The number of benzene rings is 2. The lowest BCUT2D eigenvalue weighted by Crippen LogP contribution is -2.22. The van der Waals surface area contributed by atoms with Gasteiger partial charge in [0.2, 0.25) is 0 Å². The number of fused-ring (bicyclic) bond motifs is 1. The molecule has 2 atom stereocenters. The molecule has 2 aromatic carbocycles. The molecule has 0 amide bonds. The second kappa shape index (κ2) is 5.95. The van der Waals surface area contributed by atoms with Crippen molar-refractivity contribution in [1.82, 2.24) is 0 Å². The van der Waals surface area contributed by atoms with E-state index in [-0.39, 0.29) is 11.9 Å². The second-order valence-corrected chi connectivity index (χ2v) is 6.90. The van der Waals surface area contributed by atoms with Crippen LogP contribution >= 0.6 is 11.3 Å². The van der Waals surface area contributed by atoms with Gasteiger partial charge in [-0.3, -0.25) is 4.79 Å². The molecule has 0 N–H and O–H groups in total. The third-order valence-corrected chi connectivity index (χ3v) is 5.49. The van der Waals surface area contributed by atoms with Crippen LogP contribution < -0.4 is 4.74 Å². The van der Waals surface area contributed by atoms with Crippen molar-refractivity contribution in [1.29, 1.82) is 0 Å². The third kappa shape index (κ3) is 2.47. The fraction of sp³-hybridized carbons (Fsp3) is 0.250. The molecule has 0 bridgehead atoms. The third-order valence-electron chi connectivity index (χ3n) is 4.46. The van der Waals surface area contributed by atoms with Crippen LogP contribution in [-0.2, 0) is 15.1 Å². The smallest absolute Gasteiger partial charge is 0.313 e. The van der Waals surface area contributed by atoms with E-state index in [2.05, 4.69) is 18.2 Å². The standard InChI is InChI=1S/C20H18O3S/c1-2-22-19(21)16-13-20(16,18-11-6-12-24-18)23-17-10-5-8-14-7-3-4-9-15(14)17/h3-12,16H,2,13H2,1H3/t16-,20+/m1/s1. The van der Waals surface area contributed by atoms with Crippen LogP contribution in [0.1, 0.15) is 18.2 Å². The van der Waals surface area contributed by atoms with E-state index in [4.69, 9.17) is 9.47 Å². The lowest BCUT2D eigenvalue weighted by atomic mass is 10.1. The summed E-state index contributed by atoms with van der Waals surface area (Å²) >= 11 is 1.62. The summed E-state index contributed by atoms with van der Waals surface area (Å²) in [4.78, 5) is 13.3. The van der Waals surface area contributed by atoms with Gasteiger partial charge in [-0.15, -0.1) is 11.3 Å². The van der Waals surface area contributed by atoms with Gasteiger partial charge in [0.25, 0.3) is 0 Å². The Morgan fingerprint density at radius 3 is 2.79 bits per heavy atom. The fourth-order valence-electron chi connectivity index (χ4n) is 3.20. The molecule has 122 valence electrons. The maximum absolute atomic E-state index is 12.3. The van der Waals surface area contributed by atoms with E-state index in [0.717, 1.165) is 21.4 Å². The van der Waals surface area contributed by atoms with Crippen molar-refractivity contribution in [2.24, 2.45) is 5.92 Å². The summed E-state index contributed by atoms with van der Waals surface area (Å²) in [7, 11) is 0. The van der Waals surface area contributed by atoms with Gasteiger partial charge < -0.3 is 9.47 Å². The van der Waals surface area contributed by atoms with Crippen LogP contribution in [0.15, 0.2) is 60.0 Å². The van der Waals surface area contributed by atoms with E-state index in [1.807, 2.05) is 48.7 Å². The molecule has 1 aromatic heterocycles. The van der Waals surface area contributed by atoms with Gasteiger partial charge in [-0.2, -0.15) is 0 Å². The minimum absolute atomic E-state index is 0.175. The van der Waals surface area contributed by atoms with Crippen molar-refractivity contribution >= 4 is 28.1 Å². The van der Waals surface area contributed by atoms with Gasteiger partial charge in [0, 0.05) is 16.7 Å². The predicted molar refractivity (Wildman–Crippen MR) is 95.3 cm³/mol. The molecule has 0 unspecified atom stereocenters. The Kier molecular flexibility index (Phi) is 3.77. The largest absolute Gasteiger partial charge is 0.480 e.